The average molecular weight is 457 g/mol. The highest BCUT2D eigenvalue weighted by atomic mass is 35.5. The van der Waals surface area contributed by atoms with Gasteiger partial charge in [-0.05, 0) is 23.8 Å². The molecule has 1 saturated heterocycles. The third-order valence-electron chi connectivity index (χ3n) is 4.57. The van der Waals surface area contributed by atoms with Gasteiger partial charge in [-0.1, -0.05) is 65.3 Å². The molecule has 9 heteroatoms. The summed E-state index contributed by atoms with van der Waals surface area (Å²) in [5.41, 5.74) is 6.58. The second-order valence-corrected chi connectivity index (χ2v) is 8.54. The highest BCUT2D eigenvalue weighted by Crippen LogP contribution is 2.36. The highest BCUT2D eigenvalue weighted by molar-refractivity contribution is 7.99. The van der Waals surface area contributed by atoms with Crippen LogP contribution in [0, 0.1) is 0 Å². The van der Waals surface area contributed by atoms with Crippen molar-refractivity contribution in [2.24, 2.45) is 5.73 Å². The van der Waals surface area contributed by atoms with E-state index in [2.05, 4.69) is 5.32 Å². The standard InChI is InChI=1S/C20H22Cl2N2O4S/c21-13-7-6-12(8-14(13)22)29-20-19(27)17(18(26)16(10-25)28-20)24-9-15(23)11-4-2-1-3-5-11/h1-9,16-20,24-27H,10,23H2/b15-9-. The van der Waals surface area contributed by atoms with Crippen molar-refractivity contribution in [3.63, 3.8) is 0 Å². The normalized spacial score (nSPS) is 27.6. The molecule has 1 aliphatic heterocycles. The Morgan fingerprint density at radius 3 is 2.48 bits per heavy atom. The number of hydrogen-bond acceptors (Lipinski definition) is 7. The van der Waals surface area contributed by atoms with E-state index in [1.54, 1.807) is 18.2 Å². The first-order chi connectivity index (χ1) is 13.9. The fraction of sp³-hybridized carbons (Fsp3) is 0.300. The van der Waals surface area contributed by atoms with E-state index in [4.69, 9.17) is 33.7 Å². The van der Waals surface area contributed by atoms with E-state index >= 15 is 0 Å². The summed E-state index contributed by atoms with van der Waals surface area (Å²) in [6.45, 7) is -0.400. The summed E-state index contributed by atoms with van der Waals surface area (Å²) in [6, 6.07) is 13.6. The maximum atomic E-state index is 10.8. The number of nitrogens with one attached hydrogen (secondary N) is 1. The average Bonchev–Trinajstić information content (AvgIpc) is 2.73. The van der Waals surface area contributed by atoms with Crippen LogP contribution >= 0.6 is 35.0 Å². The number of thioether (sulfide) groups is 1. The molecule has 0 spiro atoms. The van der Waals surface area contributed by atoms with Gasteiger partial charge in [0.2, 0.25) is 0 Å². The molecule has 3 rings (SSSR count). The van der Waals surface area contributed by atoms with E-state index in [-0.39, 0.29) is 0 Å². The Bertz CT molecular complexity index is 856. The Balaban J connectivity index is 1.77. The van der Waals surface area contributed by atoms with Gasteiger partial charge in [0.25, 0.3) is 0 Å². The minimum Gasteiger partial charge on any atom is -0.397 e. The number of halogens is 2. The molecule has 1 fully saturated rings. The van der Waals surface area contributed by atoms with Crippen molar-refractivity contribution in [3.05, 3.63) is 70.3 Å². The van der Waals surface area contributed by atoms with Crippen LogP contribution in [0.3, 0.4) is 0 Å². The summed E-state index contributed by atoms with van der Waals surface area (Å²) in [4.78, 5) is 0.731. The topological polar surface area (TPSA) is 108 Å². The molecule has 6 N–H and O–H groups in total. The van der Waals surface area contributed by atoms with Gasteiger partial charge in [-0.25, -0.2) is 0 Å². The van der Waals surface area contributed by atoms with Crippen LogP contribution in [-0.2, 0) is 4.74 Å². The highest BCUT2D eigenvalue weighted by Gasteiger charge is 2.44. The molecular formula is C20H22Cl2N2O4S. The van der Waals surface area contributed by atoms with Crippen molar-refractivity contribution in [3.8, 4) is 0 Å². The van der Waals surface area contributed by atoms with Gasteiger partial charge in [-0.15, -0.1) is 0 Å². The Morgan fingerprint density at radius 1 is 1.10 bits per heavy atom. The molecule has 29 heavy (non-hydrogen) atoms. The lowest BCUT2D eigenvalue weighted by molar-refractivity contribution is -0.164. The molecule has 0 amide bonds. The van der Waals surface area contributed by atoms with E-state index in [1.807, 2.05) is 30.3 Å². The predicted molar refractivity (Wildman–Crippen MR) is 116 cm³/mol. The number of nitrogens with two attached hydrogens (primary N) is 1. The first-order valence-corrected chi connectivity index (χ1v) is 10.6. The van der Waals surface area contributed by atoms with E-state index in [1.165, 1.54) is 18.0 Å². The van der Waals surface area contributed by atoms with Gasteiger partial charge in [0.05, 0.1) is 28.4 Å². The van der Waals surface area contributed by atoms with E-state index in [0.29, 0.717) is 15.7 Å². The zero-order valence-corrected chi connectivity index (χ0v) is 17.6. The molecule has 0 saturated carbocycles. The summed E-state index contributed by atoms with van der Waals surface area (Å²) in [5, 5.41) is 34.7. The Morgan fingerprint density at radius 2 is 1.83 bits per heavy atom. The van der Waals surface area contributed by atoms with Crippen LogP contribution < -0.4 is 11.1 Å². The van der Waals surface area contributed by atoms with Crippen LogP contribution in [0.15, 0.2) is 59.6 Å². The van der Waals surface area contributed by atoms with E-state index in [0.717, 1.165) is 10.5 Å². The van der Waals surface area contributed by atoms with Gasteiger partial charge in [-0.2, -0.15) is 0 Å². The zero-order valence-electron chi connectivity index (χ0n) is 15.3. The van der Waals surface area contributed by atoms with Crippen LogP contribution in [0.25, 0.3) is 5.70 Å². The van der Waals surface area contributed by atoms with Gasteiger partial charge in [0, 0.05) is 11.1 Å². The van der Waals surface area contributed by atoms with Gasteiger partial charge in [-0.3, -0.25) is 0 Å². The van der Waals surface area contributed by atoms with Crippen LogP contribution in [0.1, 0.15) is 5.56 Å². The molecule has 1 heterocycles. The molecule has 0 aliphatic carbocycles. The summed E-state index contributed by atoms with van der Waals surface area (Å²) in [7, 11) is 0. The summed E-state index contributed by atoms with van der Waals surface area (Å²) >= 11 is 13.2. The molecular weight excluding hydrogens is 435 g/mol. The molecule has 6 nitrogen and oxygen atoms in total. The Kier molecular flexibility index (Phi) is 7.70. The zero-order chi connectivity index (χ0) is 21.0. The van der Waals surface area contributed by atoms with Crippen molar-refractivity contribution in [1.29, 1.82) is 0 Å². The largest absolute Gasteiger partial charge is 0.397 e. The maximum absolute atomic E-state index is 10.8. The smallest absolute Gasteiger partial charge is 0.136 e. The molecule has 0 bridgehead atoms. The SMILES string of the molecule is N/C(=C\NC1C(O)C(CO)OC(Sc2ccc(Cl)c(Cl)c2)C1O)c1ccccc1. The molecule has 5 unspecified atom stereocenters. The second kappa shape index (κ2) is 10.0. The number of aliphatic hydroxyl groups is 3. The monoisotopic (exact) mass is 456 g/mol. The molecule has 2 aromatic rings. The van der Waals surface area contributed by atoms with Gasteiger partial charge in [0.1, 0.15) is 23.7 Å². The Hall–Kier alpha value is -1.45. The lowest BCUT2D eigenvalue weighted by atomic mass is 9.97. The van der Waals surface area contributed by atoms with Crippen molar-refractivity contribution in [2.75, 3.05) is 6.61 Å². The van der Waals surface area contributed by atoms with Crippen molar-refractivity contribution >= 4 is 40.7 Å². The van der Waals surface area contributed by atoms with E-state index in [9.17, 15) is 15.3 Å². The molecule has 0 aromatic heterocycles. The molecule has 156 valence electrons. The van der Waals surface area contributed by atoms with Crippen molar-refractivity contribution < 1.29 is 20.1 Å². The molecule has 0 radical (unpaired) electrons. The quantitative estimate of drug-likeness (QED) is 0.454. The van der Waals surface area contributed by atoms with E-state index < -0.39 is 36.4 Å². The number of ether oxygens (including phenoxy) is 1. The van der Waals surface area contributed by atoms with Crippen molar-refractivity contribution in [2.45, 2.75) is 34.7 Å². The third-order valence-corrected chi connectivity index (χ3v) is 6.45. The molecule has 1 aliphatic rings. The maximum Gasteiger partial charge on any atom is 0.136 e. The van der Waals surface area contributed by atoms with Gasteiger partial charge in [0.15, 0.2) is 0 Å². The Labute approximate surface area is 183 Å². The van der Waals surface area contributed by atoms with Gasteiger partial charge >= 0.3 is 0 Å². The fourth-order valence-corrected chi connectivity index (χ4v) is 4.44. The minimum atomic E-state index is -1.14. The lowest BCUT2D eigenvalue weighted by Crippen LogP contribution is -2.62. The van der Waals surface area contributed by atoms with Crippen molar-refractivity contribution in [1.82, 2.24) is 5.32 Å². The van der Waals surface area contributed by atoms with Crippen LogP contribution in [0.2, 0.25) is 10.0 Å². The molecule has 2 aromatic carbocycles. The number of benzene rings is 2. The summed E-state index contributed by atoms with van der Waals surface area (Å²) in [5.74, 6) is 0. The second-order valence-electron chi connectivity index (χ2n) is 6.56. The number of aliphatic hydroxyl groups excluding tert-OH is 3. The van der Waals surface area contributed by atoms with Gasteiger partial charge < -0.3 is 31.1 Å². The first kappa shape index (κ1) is 22.2. The molecule has 5 atom stereocenters. The third kappa shape index (κ3) is 5.38. The summed E-state index contributed by atoms with van der Waals surface area (Å²) in [6.07, 6.45) is -1.57. The number of rotatable bonds is 6. The number of hydrogen-bond donors (Lipinski definition) is 5. The van der Waals surface area contributed by atoms with Crippen LogP contribution in [0.5, 0.6) is 0 Å². The summed E-state index contributed by atoms with van der Waals surface area (Å²) < 4.78 is 5.70. The fourth-order valence-electron chi connectivity index (χ4n) is 2.97. The predicted octanol–water partition coefficient (Wildman–Crippen LogP) is 2.44. The first-order valence-electron chi connectivity index (χ1n) is 8.92. The minimum absolute atomic E-state index is 0.383. The van der Waals surface area contributed by atoms with Crippen LogP contribution in [0.4, 0.5) is 0 Å². The van der Waals surface area contributed by atoms with Crippen LogP contribution in [-0.4, -0.2) is 51.7 Å². The lowest BCUT2D eigenvalue weighted by Gasteiger charge is -2.42.